The number of hydrogen-bond donors (Lipinski definition) is 3. The number of amides is 4. The van der Waals surface area contributed by atoms with E-state index in [9.17, 15) is 37.7 Å². The average molecular weight is 555 g/mol. The third-order valence-electron chi connectivity index (χ3n) is 6.06. The summed E-state index contributed by atoms with van der Waals surface area (Å²) in [6, 6.07) is 1.49. The third kappa shape index (κ3) is 7.47. The van der Waals surface area contributed by atoms with E-state index in [4.69, 9.17) is 5.73 Å². The standard InChI is InChI=1S/C23H34N6O8S/c1-14(2)12-17-23(33)28(16(4)21(24)31)11-7-10-27(13-20(30)25-15(3)22(32)26-17)38(36,37)19-9-6-5-8-18(19)29(34)35/h5-6,8-9,14-17H,7,10-13H2,1-4H3,(H2,24,31)(H,25,30)(H,26,32)/t15-,16-,17?/m0/s1. The maximum absolute atomic E-state index is 13.5. The van der Waals surface area contributed by atoms with Gasteiger partial charge in [0.05, 0.1) is 11.5 Å². The van der Waals surface area contributed by atoms with Gasteiger partial charge in [-0.1, -0.05) is 26.0 Å². The lowest BCUT2D eigenvalue weighted by molar-refractivity contribution is -0.387. The van der Waals surface area contributed by atoms with Gasteiger partial charge in [0.15, 0.2) is 4.90 Å². The smallest absolute Gasteiger partial charge is 0.289 e. The second-order valence-corrected chi connectivity index (χ2v) is 11.4. The Balaban J connectivity index is 2.53. The molecule has 1 aromatic rings. The number of carbonyl (C=O) groups excluding carboxylic acids is 4. The van der Waals surface area contributed by atoms with Crippen LogP contribution in [0.4, 0.5) is 5.69 Å². The molecule has 15 heteroatoms. The fourth-order valence-corrected chi connectivity index (χ4v) is 5.61. The van der Waals surface area contributed by atoms with E-state index < -0.39 is 73.8 Å². The van der Waals surface area contributed by atoms with Gasteiger partial charge < -0.3 is 21.3 Å². The van der Waals surface area contributed by atoms with E-state index >= 15 is 0 Å². The number of carbonyl (C=O) groups is 4. The molecule has 0 aromatic heterocycles. The number of para-hydroxylation sites is 1. The van der Waals surface area contributed by atoms with Crippen LogP contribution in [0.5, 0.6) is 0 Å². The first-order valence-electron chi connectivity index (χ1n) is 12.1. The molecule has 0 saturated carbocycles. The van der Waals surface area contributed by atoms with Crippen LogP contribution >= 0.6 is 0 Å². The fourth-order valence-electron chi connectivity index (χ4n) is 4.02. The molecule has 3 atom stereocenters. The maximum atomic E-state index is 13.5. The second kappa shape index (κ2) is 12.8. The normalized spacial score (nSPS) is 21.5. The van der Waals surface area contributed by atoms with Gasteiger partial charge in [0.25, 0.3) is 5.69 Å². The van der Waals surface area contributed by atoms with Crippen molar-refractivity contribution >= 4 is 39.3 Å². The molecule has 1 aliphatic heterocycles. The number of rotatable bonds is 7. The minimum Gasteiger partial charge on any atom is -0.368 e. The predicted octanol–water partition coefficient (Wildman–Crippen LogP) is -0.273. The number of nitro groups is 1. The molecule has 1 unspecified atom stereocenters. The molecule has 2 rings (SSSR count). The fraction of sp³-hybridized carbons (Fsp3) is 0.565. The van der Waals surface area contributed by atoms with Crippen LogP contribution in [-0.4, -0.2) is 83.9 Å². The van der Waals surface area contributed by atoms with Gasteiger partial charge in [-0.3, -0.25) is 29.3 Å². The van der Waals surface area contributed by atoms with Crippen LogP contribution in [0.3, 0.4) is 0 Å². The molecule has 1 saturated heterocycles. The van der Waals surface area contributed by atoms with Crippen LogP contribution < -0.4 is 16.4 Å². The molecular weight excluding hydrogens is 520 g/mol. The number of nitrogens with one attached hydrogen (secondary N) is 2. The van der Waals surface area contributed by atoms with Crippen molar-refractivity contribution in [2.24, 2.45) is 11.7 Å². The molecule has 4 N–H and O–H groups in total. The van der Waals surface area contributed by atoms with E-state index in [1.54, 1.807) is 0 Å². The number of benzene rings is 1. The number of nitrogens with zero attached hydrogens (tertiary/aromatic N) is 3. The Hall–Kier alpha value is -3.59. The Morgan fingerprint density at radius 1 is 1.16 bits per heavy atom. The summed E-state index contributed by atoms with van der Waals surface area (Å²) < 4.78 is 27.7. The first-order chi connectivity index (χ1) is 17.7. The SMILES string of the molecule is CC(C)CC1NC(=O)[C@H](C)NC(=O)CN(S(=O)(=O)c2ccccc2[N+](=O)[O-])CCCN([C@@H](C)C(N)=O)C1=O. The van der Waals surface area contributed by atoms with Crippen LogP contribution in [0.25, 0.3) is 0 Å². The van der Waals surface area contributed by atoms with Crippen molar-refractivity contribution in [1.82, 2.24) is 19.8 Å². The molecule has 0 radical (unpaired) electrons. The van der Waals surface area contributed by atoms with Crippen molar-refractivity contribution in [3.8, 4) is 0 Å². The highest BCUT2D eigenvalue weighted by atomic mass is 32.2. The van der Waals surface area contributed by atoms with Gasteiger partial charge in [-0.2, -0.15) is 4.31 Å². The second-order valence-electron chi connectivity index (χ2n) is 9.51. The highest BCUT2D eigenvalue weighted by molar-refractivity contribution is 7.89. The predicted molar refractivity (Wildman–Crippen MR) is 136 cm³/mol. The van der Waals surface area contributed by atoms with Crippen LogP contribution in [0.1, 0.15) is 40.5 Å². The first-order valence-corrected chi connectivity index (χ1v) is 13.5. The highest BCUT2D eigenvalue weighted by Crippen LogP contribution is 2.26. The zero-order chi connectivity index (χ0) is 28.8. The van der Waals surface area contributed by atoms with Crippen molar-refractivity contribution in [1.29, 1.82) is 0 Å². The first kappa shape index (κ1) is 30.6. The van der Waals surface area contributed by atoms with E-state index in [-0.39, 0.29) is 31.8 Å². The van der Waals surface area contributed by atoms with Crippen LogP contribution in [0, 0.1) is 16.0 Å². The molecule has 1 fully saturated rings. The topological polar surface area (TPSA) is 202 Å². The van der Waals surface area contributed by atoms with Crippen molar-refractivity contribution in [3.05, 3.63) is 34.4 Å². The summed E-state index contributed by atoms with van der Waals surface area (Å²) in [5.74, 6) is -2.89. The molecule has 1 aliphatic rings. The molecular formula is C23H34N6O8S. The van der Waals surface area contributed by atoms with Gasteiger partial charge in [0.2, 0.25) is 33.7 Å². The monoisotopic (exact) mass is 554 g/mol. The van der Waals surface area contributed by atoms with Gasteiger partial charge in [0, 0.05) is 19.2 Å². The van der Waals surface area contributed by atoms with Crippen molar-refractivity contribution in [2.45, 2.75) is 63.6 Å². The lowest BCUT2D eigenvalue weighted by Gasteiger charge is -2.32. The summed E-state index contributed by atoms with van der Waals surface area (Å²) in [5.41, 5.74) is 4.79. The van der Waals surface area contributed by atoms with Crippen LogP contribution in [-0.2, 0) is 29.2 Å². The van der Waals surface area contributed by atoms with Crippen LogP contribution in [0.15, 0.2) is 29.2 Å². The van der Waals surface area contributed by atoms with Gasteiger partial charge in [-0.05, 0) is 38.7 Å². The molecule has 4 amide bonds. The van der Waals surface area contributed by atoms with E-state index in [0.717, 1.165) is 16.4 Å². The zero-order valence-electron chi connectivity index (χ0n) is 21.7. The molecule has 0 aliphatic carbocycles. The lowest BCUT2D eigenvalue weighted by Crippen LogP contribution is -2.57. The van der Waals surface area contributed by atoms with Crippen LogP contribution in [0.2, 0.25) is 0 Å². The van der Waals surface area contributed by atoms with E-state index in [2.05, 4.69) is 10.6 Å². The molecule has 1 heterocycles. The minimum atomic E-state index is -4.56. The number of nitro benzene ring substituents is 1. The lowest BCUT2D eigenvalue weighted by atomic mass is 10.0. The number of nitrogens with two attached hydrogens (primary N) is 1. The Morgan fingerprint density at radius 3 is 2.37 bits per heavy atom. The third-order valence-corrected chi connectivity index (χ3v) is 7.95. The summed E-state index contributed by atoms with van der Waals surface area (Å²) in [5, 5.41) is 16.5. The summed E-state index contributed by atoms with van der Waals surface area (Å²) in [4.78, 5) is 62.3. The molecule has 1 aromatic carbocycles. The highest BCUT2D eigenvalue weighted by Gasteiger charge is 2.36. The summed E-state index contributed by atoms with van der Waals surface area (Å²) in [6.07, 6.45) is 0.208. The number of hydrogen-bond acceptors (Lipinski definition) is 8. The maximum Gasteiger partial charge on any atom is 0.289 e. The molecule has 210 valence electrons. The summed E-state index contributed by atoms with van der Waals surface area (Å²) >= 11 is 0. The number of primary amides is 1. The average Bonchev–Trinajstić information content (AvgIpc) is 2.84. The van der Waals surface area contributed by atoms with Crippen molar-refractivity contribution in [2.75, 3.05) is 19.6 Å². The van der Waals surface area contributed by atoms with Crippen molar-refractivity contribution < 1.29 is 32.5 Å². The largest absolute Gasteiger partial charge is 0.368 e. The van der Waals surface area contributed by atoms with Gasteiger partial charge in [-0.25, -0.2) is 8.42 Å². The van der Waals surface area contributed by atoms with Gasteiger partial charge in [0.1, 0.15) is 18.1 Å². The Labute approximate surface area is 221 Å². The van der Waals surface area contributed by atoms with Crippen molar-refractivity contribution in [3.63, 3.8) is 0 Å². The van der Waals surface area contributed by atoms with E-state index in [1.807, 2.05) is 13.8 Å². The zero-order valence-corrected chi connectivity index (χ0v) is 22.6. The molecule has 0 spiro atoms. The Kier molecular flexibility index (Phi) is 10.3. The Bertz CT molecular complexity index is 1190. The van der Waals surface area contributed by atoms with Gasteiger partial charge in [-0.15, -0.1) is 0 Å². The molecule has 38 heavy (non-hydrogen) atoms. The van der Waals surface area contributed by atoms with E-state index in [0.29, 0.717) is 0 Å². The van der Waals surface area contributed by atoms with E-state index in [1.165, 1.54) is 30.9 Å². The molecule has 0 bridgehead atoms. The summed E-state index contributed by atoms with van der Waals surface area (Å²) in [7, 11) is -4.56. The summed E-state index contributed by atoms with van der Waals surface area (Å²) in [6.45, 7) is 5.30. The minimum absolute atomic E-state index is 0.0159. The number of sulfonamides is 1. The quantitative estimate of drug-likeness (QED) is 0.302. The molecule has 14 nitrogen and oxygen atoms in total. The Morgan fingerprint density at radius 2 is 1.79 bits per heavy atom. The van der Waals surface area contributed by atoms with Gasteiger partial charge >= 0.3 is 0 Å².